The van der Waals surface area contributed by atoms with Crippen LogP contribution in [0.3, 0.4) is 0 Å². The number of benzene rings is 1. The summed E-state index contributed by atoms with van der Waals surface area (Å²) in [7, 11) is 0. The Morgan fingerprint density at radius 2 is 1.61 bits per heavy atom. The largest absolute Gasteiger partial charge is 1.00 e. The molecule has 1 aromatic carbocycles. The van der Waals surface area contributed by atoms with E-state index in [1.54, 1.807) is 6.92 Å². The second-order valence-corrected chi connectivity index (χ2v) is 4.34. The molecule has 0 heterocycles. The van der Waals surface area contributed by atoms with Gasteiger partial charge in [0.1, 0.15) is 0 Å². The Bertz CT molecular complexity index is 504. The average Bonchev–Trinajstić information content (AvgIpc) is 2.16. The number of hydrogen-bond donors (Lipinski definition) is 1. The van der Waals surface area contributed by atoms with E-state index < -0.39 is 12.4 Å². The van der Waals surface area contributed by atoms with Gasteiger partial charge >= 0.3 is 58.4 Å². The van der Waals surface area contributed by atoms with E-state index in [4.69, 9.17) is 6.42 Å². The number of rotatable bonds is 2. The van der Waals surface area contributed by atoms with Crippen molar-refractivity contribution in [1.29, 1.82) is 0 Å². The van der Waals surface area contributed by atoms with Gasteiger partial charge in [0, 0.05) is 11.3 Å². The molecule has 0 nitrogen and oxygen atoms in total. The van der Waals surface area contributed by atoms with E-state index in [-0.39, 0.29) is 68.3 Å². The first-order chi connectivity index (χ1) is 7.75. The fourth-order valence-electron chi connectivity index (χ4n) is 2.24. The van der Waals surface area contributed by atoms with Crippen molar-refractivity contribution in [3.8, 4) is 12.3 Å². The third kappa shape index (κ3) is 3.38. The van der Waals surface area contributed by atoms with E-state index >= 15 is 0 Å². The van der Waals surface area contributed by atoms with Gasteiger partial charge in [-0.1, -0.05) is 17.0 Å². The van der Waals surface area contributed by atoms with Gasteiger partial charge in [0.2, 0.25) is 0 Å². The maximum absolute atomic E-state index is 13.0. The van der Waals surface area contributed by atoms with Crippen LogP contribution < -0.4 is 56.8 Å². The molecule has 0 bridgehead atoms. The van der Waals surface area contributed by atoms with Crippen LogP contribution in [0.1, 0.15) is 27.8 Å². The van der Waals surface area contributed by atoms with Gasteiger partial charge in [0.05, 0.1) is 0 Å². The Labute approximate surface area is 154 Å². The molecule has 0 fully saturated rings. The minimum Gasteiger partial charge on any atom is -0.445 e. The van der Waals surface area contributed by atoms with Crippen LogP contribution in [0.4, 0.5) is 12.9 Å². The maximum atomic E-state index is 13.0. The summed E-state index contributed by atoms with van der Waals surface area (Å²) in [5.74, 6) is 2.61. The molecule has 92 valence electrons. The molecule has 0 saturated heterocycles. The quantitative estimate of drug-likeness (QED) is 0.446. The fourth-order valence-corrected chi connectivity index (χ4v) is 2.71. The molecule has 1 aromatic rings. The third-order valence-electron chi connectivity index (χ3n) is 3.09. The van der Waals surface area contributed by atoms with Gasteiger partial charge in [-0.2, -0.15) is 12.6 Å². The summed E-state index contributed by atoms with van der Waals surface area (Å²) in [5.41, 5.74) is 1.49. The summed E-state index contributed by atoms with van der Waals surface area (Å²) in [6, 6.07) is 0. The molecule has 0 spiro atoms. The average molecular weight is 296 g/mol. The zero-order valence-electron chi connectivity index (χ0n) is 10.9. The summed E-state index contributed by atoms with van der Waals surface area (Å²) >= 11 is 4.08. The summed E-state index contributed by atoms with van der Waals surface area (Å²) in [4.78, 5) is 0. The van der Waals surface area contributed by atoms with E-state index in [0.29, 0.717) is 11.1 Å². The van der Waals surface area contributed by atoms with Crippen molar-refractivity contribution < 1.29 is 64.3 Å². The zero-order valence-corrected chi connectivity index (χ0v) is 15.0. The Morgan fingerprint density at radius 1 is 1.11 bits per heavy atom. The van der Waals surface area contributed by atoms with Crippen molar-refractivity contribution in [3.05, 3.63) is 27.8 Å². The predicted molar refractivity (Wildman–Crippen MR) is 70.0 cm³/mol. The van der Waals surface area contributed by atoms with E-state index in [9.17, 15) is 12.9 Å². The second kappa shape index (κ2) is 6.87. The van der Waals surface area contributed by atoms with Gasteiger partial charge < -0.3 is 12.9 Å². The van der Waals surface area contributed by atoms with Gasteiger partial charge in [0.15, 0.2) is 0 Å². The number of halogens is 3. The molecule has 18 heavy (non-hydrogen) atoms. The van der Waals surface area contributed by atoms with Gasteiger partial charge in [-0.3, -0.25) is 0 Å². The minimum absolute atomic E-state index is 0. The van der Waals surface area contributed by atoms with Gasteiger partial charge in [-0.25, -0.2) is 0 Å². The van der Waals surface area contributed by atoms with Crippen molar-refractivity contribution in [3.63, 3.8) is 0 Å². The molecule has 0 amide bonds. The number of terminal acetylenes is 1. The van der Waals surface area contributed by atoms with Crippen LogP contribution >= 0.6 is 12.6 Å². The monoisotopic (exact) mass is 296 g/mol. The first-order valence-electron chi connectivity index (χ1n) is 5.15. The SMILES string of the molecule is C#Cc1c(C)c(CS)c(C)c([B-](F)(F)F)c1C.[K+]. The Balaban J connectivity index is 0.00000289. The van der Waals surface area contributed by atoms with E-state index in [2.05, 4.69) is 18.5 Å². The topological polar surface area (TPSA) is 0 Å². The fraction of sp³-hybridized carbons (Fsp3) is 0.333. The Hall–Kier alpha value is 0.621. The Kier molecular flexibility index (Phi) is 7.11. The molecule has 1 rings (SSSR count). The zero-order chi connectivity index (χ0) is 13.4. The van der Waals surface area contributed by atoms with Crippen LogP contribution in [0.2, 0.25) is 0 Å². The van der Waals surface area contributed by atoms with Crippen LogP contribution in [0.25, 0.3) is 0 Å². The van der Waals surface area contributed by atoms with Gasteiger partial charge in [0.25, 0.3) is 0 Å². The number of hydrogen-bond acceptors (Lipinski definition) is 1. The smallest absolute Gasteiger partial charge is 0.445 e. The van der Waals surface area contributed by atoms with Crippen molar-refractivity contribution in [2.24, 2.45) is 0 Å². The van der Waals surface area contributed by atoms with Crippen LogP contribution in [-0.4, -0.2) is 6.98 Å². The van der Waals surface area contributed by atoms with Crippen LogP contribution in [0.5, 0.6) is 0 Å². The molecular weight excluding hydrogens is 283 g/mol. The molecule has 0 radical (unpaired) electrons. The van der Waals surface area contributed by atoms with Gasteiger partial charge in [-0.05, 0) is 31.9 Å². The molecule has 0 atom stereocenters. The van der Waals surface area contributed by atoms with Crippen LogP contribution in [-0.2, 0) is 5.75 Å². The van der Waals surface area contributed by atoms with Crippen molar-refractivity contribution >= 4 is 25.1 Å². The molecule has 0 aromatic heterocycles. The van der Waals surface area contributed by atoms with Crippen molar-refractivity contribution in [2.45, 2.75) is 26.5 Å². The third-order valence-corrected chi connectivity index (χ3v) is 3.41. The summed E-state index contributed by atoms with van der Waals surface area (Å²) in [6.07, 6.45) is 5.30. The van der Waals surface area contributed by atoms with E-state index in [1.807, 2.05) is 0 Å². The predicted octanol–water partition coefficient (Wildman–Crippen LogP) is 0.0814. The minimum atomic E-state index is -5.05. The number of thiol groups is 1. The molecule has 0 saturated carbocycles. The van der Waals surface area contributed by atoms with Crippen LogP contribution in [0, 0.1) is 33.1 Å². The molecule has 0 aliphatic heterocycles. The first-order valence-corrected chi connectivity index (χ1v) is 5.78. The normalized spacial score (nSPS) is 10.8. The molecule has 6 heteroatoms. The summed E-state index contributed by atoms with van der Waals surface area (Å²) < 4.78 is 39.1. The molecule has 0 aliphatic rings. The van der Waals surface area contributed by atoms with Crippen molar-refractivity contribution in [2.75, 3.05) is 0 Å². The van der Waals surface area contributed by atoms with Gasteiger partial charge in [-0.15, -0.1) is 11.9 Å². The first kappa shape index (κ1) is 18.6. The standard InChI is InChI=1S/C12H13BF3S.K/c1-5-10-7(2)11(6-17)9(4)12(8(10)3)13(14,15)16;/h1,17H,6H2,2-4H3;/q-1;+1. The van der Waals surface area contributed by atoms with E-state index in [0.717, 1.165) is 5.56 Å². The second-order valence-electron chi connectivity index (χ2n) is 4.02. The summed E-state index contributed by atoms with van der Waals surface area (Å²) in [6.45, 7) is -0.394. The molecule has 0 unspecified atom stereocenters. The molecule has 0 aliphatic carbocycles. The Morgan fingerprint density at radius 3 is 1.94 bits per heavy atom. The van der Waals surface area contributed by atoms with E-state index in [1.165, 1.54) is 13.8 Å². The molecular formula is C12H13BF3KS. The van der Waals surface area contributed by atoms with Crippen LogP contribution in [0.15, 0.2) is 0 Å². The summed E-state index contributed by atoms with van der Waals surface area (Å²) in [5, 5.41) is 0. The van der Waals surface area contributed by atoms with Crippen molar-refractivity contribution in [1.82, 2.24) is 0 Å². The maximum Gasteiger partial charge on any atom is 1.00 e. The molecule has 0 N–H and O–H groups in total.